The standard InChI is InChI=1S/C18H13FN4O/c19-15-10-12(6-7-17(15)24-13-4-2-1-3-5-13)23-16-11-21-9-8-14(16)18(20)22-23/h1-11H,(H2,20,22). The second-order valence-corrected chi connectivity index (χ2v) is 5.22. The van der Waals surface area contributed by atoms with Crippen LogP contribution in [0.25, 0.3) is 16.6 Å². The lowest BCUT2D eigenvalue weighted by molar-refractivity contribution is 0.442. The van der Waals surface area contributed by atoms with Gasteiger partial charge in [-0.15, -0.1) is 5.10 Å². The lowest BCUT2D eigenvalue weighted by atomic mass is 10.2. The smallest absolute Gasteiger partial charge is 0.167 e. The maximum absolute atomic E-state index is 14.4. The molecule has 0 atom stereocenters. The molecule has 2 aromatic carbocycles. The minimum Gasteiger partial charge on any atom is -0.454 e. The molecule has 2 heterocycles. The Labute approximate surface area is 137 Å². The van der Waals surface area contributed by atoms with Crippen LogP contribution in [0.15, 0.2) is 67.0 Å². The van der Waals surface area contributed by atoms with Crippen molar-refractivity contribution in [2.45, 2.75) is 0 Å². The fourth-order valence-corrected chi connectivity index (χ4v) is 2.50. The van der Waals surface area contributed by atoms with E-state index in [4.69, 9.17) is 10.5 Å². The fraction of sp³-hybridized carbons (Fsp3) is 0. The molecule has 4 rings (SSSR count). The van der Waals surface area contributed by atoms with Gasteiger partial charge in [0.05, 0.1) is 17.4 Å². The van der Waals surface area contributed by atoms with Crippen molar-refractivity contribution >= 4 is 16.7 Å². The zero-order valence-electron chi connectivity index (χ0n) is 12.6. The van der Waals surface area contributed by atoms with Gasteiger partial charge in [-0.2, -0.15) is 0 Å². The molecule has 0 amide bonds. The van der Waals surface area contributed by atoms with Crippen LogP contribution < -0.4 is 10.5 Å². The maximum atomic E-state index is 14.4. The van der Waals surface area contributed by atoms with Crippen molar-refractivity contribution in [2.75, 3.05) is 5.73 Å². The molecule has 4 aromatic rings. The first-order chi connectivity index (χ1) is 11.7. The molecule has 0 radical (unpaired) electrons. The second kappa shape index (κ2) is 5.66. The van der Waals surface area contributed by atoms with E-state index in [9.17, 15) is 4.39 Å². The third kappa shape index (κ3) is 2.44. The average Bonchev–Trinajstić information content (AvgIpc) is 2.95. The minimum atomic E-state index is -0.484. The number of rotatable bonds is 3. The molecule has 0 unspecified atom stereocenters. The summed E-state index contributed by atoms with van der Waals surface area (Å²) in [5, 5.41) is 5.03. The van der Waals surface area contributed by atoms with Gasteiger partial charge in [-0.1, -0.05) is 18.2 Å². The summed E-state index contributed by atoms with van der Waals surface area (Å²) in [6, 6.07) is 15.5. The van der Waals surface area contributed by atoms with E-state index in [0.717, 1.165) is 5.39 Å². The number of nitrogens with zero attached hydrogens (tertiary/aromatic N) is 3. The molecule has 5 nitrogen and oxygen atoms in total. The van der Waals surface area contributed by atoms with E-state index >= 15 is 0 Å². The van der Waals surface area contributed by atoms with Crippen molar-refractivity contribution in [1.29, 1.82) is 0 Å². The number of ether oxygens (including phenoxy) is 1. The van der Waals surface area contributed by atoms with Gasteiger partial charge in [0.25, 0.3) is 0 Å². The molecule has 6 heteroatoms. The van der Waals surface area contributed by atoms with Gasteiger partial charge in [-0.05, 0) is 30.3 Å². The van der Waals surface area contributed by atoms with Crippen molar-refractivity contribution < 1.29 is 9.13 Å². The van der Waals surface area contributed by atoms with Crippen LogP contribution in [0.5, 0.6) is 11.5 Å². The molecule has 0 spiro atoms. The predicted octanol–water partition coefficient (Wildman–Crippen LogP) is 3.93. The van der Waals surface area contributed by atoms with Crippen molar-refractivity contribution in [3.8, 4) is 17.2 Å². The van der Waals surface area contributed by atoms with Gasteiger partial charge >= 0.3 is 0 Å². The molecule has 0 aliphatic heterocycles. The molecular weight excluding hydrogens is 307 g/mol. The number of fused-ring (bicyclic) bond motifs is 1. The summed E-state index contributed by atoms with van der Waals surface area (Å²) >= 11 is 0. The number of nitrogens with two attached hydrogens (primary N) is 1. The van der Waals surface area contributed by atoms with Gasteiger partial charge in [0.15, 0.2) is 17.4 Å². The van der Waals surface area contributed by atoms with Crippen LogP contribution in [0.1, 0.15) is 0 Å². The highest BCUT2D eigenvalue weighted by atomic mass is 19.1. The van der Waals surface area contributed by atoms with Crippen molar-refractivity contribution in [3.05, 3.63) is 72.8 Å². The maximum Gasteiger partial charge on any atom is 0.167 e. The Morgan fingerprint density at radius 3 is 2.67 bits per heavy atom. The molecule has 0 aliphatic rings. The predicted molar refractivity (Wildman–Crippen MR) is 89.8 cm³/mol. The van der Waals surface area contributed by atoms with Gasteiger partial charge in [0.2, 0.25) is 0 Å². The Morgan fingerprint density at radius 1 is 1.04 bits per heavy atom. The van der Waals surface area contributed by atoms with Gasteiger partial charge in [0, 0.05) is 17.6 Å². The van der Waals surface area contributed by atoms with Crippen molar-refractivity contribution in [1.82, 2.24) is 14.8 Å². The summed E-state index contributed by atoms with van der Waals surface area (Å²) < 4.78 is 21.5. The van der Waals surface area contributed by atoms with E-state index in [2.05, 4.69) is 10.1 Å². The van der Waals surface area contributed by atoms with Crippen molar-refractivity contribution in [2.24, 2.45) is 0 Å². The number of halogens is 1. The number of hydrogen-bond donors (Lipinski definition) is 1. The number of hydrogen-bond acceptors (Lipinski definition) is 4. The molecule has 24 heavy (non-hydrogen) atoms. The molecule has 0 bridgehead atoms. The van der Waals surface area contributed by atoms with Gasteiger partial charge in [-0.25, -0.2) is 9.07 Å². The van der Waals surface area contributed by atoms with Crippen molar-refractivity contribution in [3.63, 3.8) is 0 Å². The van der Waals surface area contributed by atoms with Crippen LogP contribution >= 0.6 is 0 Å². The second-order valence-electron chi connectivity index (χ2n) is 5.22. The lowest BCUT2D eigenvalue weighted by Gasteiger charge is -2.09. The molecule has 0 fully saturated rings. The van der Waals surface area contributed by atoms with Crippen LogP contribution in [-0.2, 0) is 0 Å². The summed E-state index contributed by atoms with van der Waals surface area (Å²) in [5.41, 5.74) is 7.16. The molecule has 2 N–H and O–H groups in total. The highest BCUT2D eigenvalue weighted by Crippen LogP contribution is 2.28. The number of nitrogen functional groups attached to an aromatic ring is 1. The Morgan fingerprint density at radius 2 is 1.88 bits per heavy atom. The van der Waals surface area contributed by atoms with Gasteiger partial charge in [-0.3, -0.25) is 4.98 Å². The Hall–Kier alpha value is -3.41. The van der Waals surface area contributed by atoms with Gasteiger partial charge < -0.3 is 10.5 Å². The Kier molecular flexibility index (Phi) is 3.35. The largest absolute Gasteiger partial charge is 0.454 e. The monoisotopic (exact) mass is 320 g/mol. The van der Waals surface area contributed by atoms with Crippen LogP contribution in [0, 0.1) is 5.82 Å². The van der Waals surface area contributed by atoms with Gasteiger partial charge in [0.1, 0.15) is 5.75 Å². The summed E-state index contributed by atoms with van der Waals surface area (Å²) in [5.74, 6) is 0.606. The summed E-state index contributed by atoms with van der Waals surface area (Å²) in [6.07, 6.45) is 3.28. The first kappa shape index (κ1) is 14.2. The fourth-order valence-electron chi connectivity index (χ4n) is 2.50. The summed E-state index contributed by atoms with van der Waals surface area (Å²) in [4.78, 5) is 4.07. The van der Waals surface area contributed by atoms with E-state index in [1.165, 1.54) is 6.07 Å². The van der Waals surface area contributed by atoms with Crippen LogP contribution in [-0.4, -0.2) is 14.8 Å². The number of para-hydroxylation sites is 1. The zero-order chi connectivity index (χ0) is 16.5. The van der Waals surface area contributed by atoms with E-state index in [-0.39, 0.29) is 5.75 Å². The molecule has 2 aromatic heterocycles. The van der Waals surface area contributed by atoms with E-state index < -0.39 is 5.82 Å². The number of benzene rings is 2. The zero-order valence-corrected chi connectivity index (χ0v) is 12.6. The molecule has 0 aliphatic carbocycles. The Balaban J connectivity index is 1.73. The minimum absolute atomic E-state index is 0.146. The van der Waals surface area contributed by atoms with E-state index in [1.54, 1.807) is 47.4 Å². The summed E-state index contributed by atoms with van der Waals surface area (Å²) in [7, 11) is 0. The first-order valence-corrected chi connectivity index (χ1v) is 7.33. The average molecular weight is 320 g/mol. The first-order valence-electron chi connectivity index (χ1n) is 7.33. The third-order valence-electron chi connectivity index (χ3n) is 3.64. The van der Waals surface area contributed by atoms with E-state index in [1.807, 2.05) is 18.2 Å². The SMILES string of the molecule is Nc1nn(-c2ccc(Oc3ccccc3)c(F)c2)c2cnccc12. The van der Waals surface area contributed by atoms with Crippen LogP contribution in [0.2, 0.25) is 0 Å². The number of pyridine rings is 1. The quantitative estimate of drug-likeness (QED) is 0.621. The van der Waals surface area contributed by atoms with Crippen LogP contribution in [0.3, 0.4) is 0 Å². The highest BCUT2D eigenvalue weighted by molar-refractivity contribution is 5.89. The van der Waals surface area contributed by atoms with Crippen LogP contribution in [0.4, 0.5) is 10.2 Å². The topological polar surface area (TPSA) is 66.0 Å². The lowest BCUT2D eigenvalue weighted by Crippen LogP contribution is -1.99. The van der Waals surface area contributed by atoms with E-state index in [0.29, 0.717) is 22.8 Å². The third-order valence-corrected chi connectivity index (χ3v) is 3.64. The normalized spacial score (nSPS) is 10.9. The number of aromatic nitrogens is 3. The molecule has 118 valence electrons. The molecule has 0 saturated heterocycles. The Bertz CT molecular complexity index is 1010. The molecule has 0 saturated carbocycles. The molecular formula is C18H13FN4O. The summed E-state index contributed by atoms with van der Waals surface area (Å²) in [6.45, 7) is 0. The highest BCUT2D eigenvalue weighted by Gasteiger charge is 2.12. The number of anilines is 1.